The quantitative estimate of drug-likeness (QED) is 0.779. The molecule has 138 valence electrons. The second kappa shape index (κ2) is 8.10. The summed E-state index contributed by atoms with van der Waals surface area (Å²) in [6, 6.07) is 0. The van der Waals surface area contributed by atoms with Crippen LogP contribution >= 0.6 is 11.9 Å². The zero-order valence-electron chi connectivity index (χ0n) is 14.9. The van der Waals surface area contributed by atoms with Gasteiger partial charge < -0.3 is 14.8 Å². The molecule has 3 heterocycles. The summed E-state index contributed by atoms with van der Waals surface area (Å²) in [6.07, 6.45) is 9.01. The molecule has 1 aromatic rings. The molecule has 0 spiro atoms. The molecule has 3 fully saturated rings. The summed E-state index contributed by atoms with van der Waals surface area (Å²) in [6.45, 7) is 6.23. The Labute approximate surface area is 154 Å². The first-order chi connectivity index (χ1) is 12.3. The van der Waals surface area contributed by atoms with Crippen molar-refractivity contribution in [2.75, 3.05) is 26.2 Å². The molecule has 4 rings (SSSR count). The van der Waals surface area contributed by atoms with Crippen LogP contribution in [0.5, 0.6) is 11.8 Å². The molecule has 1 saturated carbocycles. The summed E-state index contributed by atoms with van der Waals surface area (Å²) < 4.78 is 14.8. The molecule has 3 aliphatic rings. The molecule has 0 bridgehead atoms. The Hall–Kier alpha value is -1.05. The Bertz CT molecular complexity index is 570. The number of ether oxygens (including phenoxy) is 2. The third-order valence-corrected chi connectivity index (χ3v) is 6.49. The lowest BCUT2D eigenvalue weighted by Crippen LogP contribution is -2.35. The lowest BCUT2D eigenvalue weighted by atomic mass is 10.1. The Kier molecular flexibility index (Phi) is 5.63. The third-order valence-electron chi connectivity index (χ3n) is 5.06. The topological polar surface area (TPSA) is 59.5 Å². The van der Waals surface area contributed by atoms with Crippen LogP contribution in [0.1, 0.15) is 44.1 Å². The van der Waals surface area contributed by atoms with E-state index in [1.54, 1.807) is 6.33 Å². The van der Waals surface area contributed by atoms with Crippen molar-refractivity contribution in [3.8, 4) is 11.8 Å². The average molecular weight is 365 g/mol. The van der Waals surface area contributed by atoms with Gasteiger partial charge in [-0.2, -0.15) is 0 Å². The average Bonchev–Trinajstić information content (AvgIpc) is 3.45. The maximum absolute atomic E-state index is 6.21. The third kappa shape index (κ3) is 4.77. The number of aromatic nitrogens is 2. The Morgan fingerprint density at radius 2 is 1.56 bits per heavy atom. The van der Waals surface area contributed by atoms with Gasteiger partial charge in [0.05, 0.1) is 5.56 Å². The minimum absolute atomic E-state index is 0.241. The van der Waals surface area contributed by atoms with Crippen LogP contribution in [-0.2, 0) is 0 Å². The van der Waals surface area contributed by atoms with Crippen LogP contribution in [-0.4, -0.2) is 57.9 Å². The van der Waals surface area contributed by atoms with Gasteiger partial charge in [-0.1, -0.05) is 11.9 Å². The summed E-state index contributed by atoms with van der Waals surface area (Å²) in [4.78, 5) is 8.69. The number of nitrogens with zero attached hydrogens (tertiary/aromatic N) is 3. The number of piperidine rings is 2. The first-order valence-electron chi connectivity index (χ1n) is 9.55. The predicted molar refractivity (Wildman–Crippen MR) is 99.1 cm³/mol. The standard InChI is InChI=1S/C18H28N4O2S/c1-13-17(23-14-4-8-19-9-5-14)20-12-21-18(13)24-15-6-10-22(11-7-15)25-16-2-3-16/h12,14-16,19H,2-11H2,1H3. The van der Waals surface area contributed by atoms with Gasteiger partial charge in [-0.15, -0.1) is 0 Å². The van der Waals surface area contributed by atoms with Crippen LogP contribution in [0.4, 0.5) is 0 Å². The smallest absolute Gasteiger partial charge is 0.223 e. The first kappa shape index (κ1) is 17.4. The van der Waals surface area contributed by atoms with E-state index >= 15 is 0 Å². The van der Waals surface area contributed by atoms with E-state index in [-0.39, 0.29) is 12.2 Å². The van der Waals surface area contributed by atoms with E-state index in [0.717, 1.165) is 62.7 Å². The molecular weight excluding hydrogens is 336 g/mol. The van der Waals surface area contributed by atoms with Crippen LogP contribution < -0.4 is 14.8 Å². The second-order valence-electron chi connectivity index (χ2n) is 7.23. The number of hydrogen-bond acceptors (Lipinski definition) is 7. The van der Waals surface area contributed by atoms with Gasteiger partial charge in [0.2, 0.25) is 11.8 Å². The summed E-state index contributed by atoms with van der Waals surface area (Å²) in [7, 11) is 0. The predicted octanol–water partition coefficient (Wildman–Crippen LogP) is 2.57. The molecule has 2 aliphatic heterocycles. The van der Waals surface area contributed by atoms with Crippen molar-refractivity contribution in [3.05, 3.63) is 11.9 Å². The van der Waals surface area contributed by atoms with Crippen LogP contribution in [0.3, 0.4) is 0 Å². The molecular formula is C18H28N4O2S. The fourth-order valence-electron chi connectivity index (χ4n) is 3.33. The normalized spacial score (nSPS) is 23.6. The van der Waals surface area contributed by atoms with Gasteiger partial charge >= 0.3 is 0 Å². The number of nitrogens with one attached hydrogen (secondary N) is 1. The van der Waals surface area contributed by atoms with Crippen molar-refractivity contribution in [2.45, 2.75) is 62.9 Å². The lowest BCUT2D eigenvalue weighted by Gasteiger charge is -2.31. The summed E-state index contributed by atoms with van der Waals surface area (Å²) in [5.41, 5.74) is 0.927. The Morgan fingerprint density at radius 3 is 2.16 bits per heavy atom. The SMILES string of the molecule is Cc1c(OC2CCNCC2)ncnc1OC1CCN(SC2CC2)CC1. The van der Waals surface area contributed by atoms with Crippen molar-refractivity contribution in [1.29, 1.82) is 0 Å². The van der Waals surface area contributed by atoms with Crippen LogP contribution in [0.15, 0.2) is 6.33 Å². The highest BCUT2D eigenvalue weighted by atomic mass is 32.2. The van der Waals surface area contributed by atoms with E-state index in [0.29, 0.717) is 11.8 Å². The van der Waals surface area contributed by atoms with E-state index in [1.807, 2.05) is 18.9 Å². The van der Waals surface area contributed by atoms with Crippen molar-refractivity contribution in [2.24, 2.45) is 0 Å². The van der Waals surface area contributed by atoms with Gasteiger partial charge in [0.1, 0.15) is 18.5 Å². The summed E-state index contributed by atoms with van der Waals surface area (Å²) in [5.74, 6) is 1.37. The molecule has 1 aromatic heterocycles. The molecule has 0 aromatic carbocycles. The van der Waals surface area contributed by atoms with Gasteiger partial charge in [-0.05, 0) is 58.5 Å². The molecule has 0 atom stereocenters. The maximum atomic E-state index is 6.21. The molecule has 7 heteroatoms. The molecule has 2 saturated heterocycles. The fraction of sp³-hybridized carbons (Fsp3) is 0.778. The second-order valence-corrected chi connectivity index (χ2v) is 8.62. The van der Waals surface area contributed by atoms with Gasteiger partial charge in [-0.25, -0.2) is 9.97 Å². The minimum atomic E-state index is 0.241. The largest absolute Gasteiger partial charge is 0.474 e. The summed E-state index contributed by atoms with van der Waals surface area (Å²) >= 11 is 2.05. The van der Waals surface area contributed by atoms with Crippen molar-refractivity contribution in [3.63, 3.8) is 0 Å². The molecule has 25 heavy (non-hydrogen) atoms. The van der Waals surface area contributed by atoms with Gasteiger partial charge in [-0.3, -0.25) is 4.31 Å². The van der Waals surface area contributed by atoms with Gasteiger partial charge in [0.25, 0.3) is 0 Å². The zero-order chi connectivity index (χ0) is 17.1. The number of rotatable bonds is 6. The molecule has 6 nitrogen and oxygen atoms in total. The molecule has 0 amide bonds. The molecule has 1 aliphatic carbocycles. The van der Waals surface area contributed by atoms with E-state index in [4.69, 9.17) is 9.47 Å². The molecule has 1 N–H and O–H groups in total. The van der Waals surface area contributed by atoms with Crippen LogP contribution in [0.2, 0.25) is 0 Å². The molecule has 0 unspecified atom stereocenters. The summed E-state index contributed by atoms with van der Waals surface area (Å²) in [5, 5.41) is 4.24. The maximum Gasteiger partial charge on any atom is 0.223 e. The fourth-order valence-corrected chi connectivity index (χ4v) is 4.52. The Balaban J connectivity index is 1.31. The highest BCUT2D eigenvalue weighted by Crippen LogP contribution is 2.37. The minimum Gasteiger partial charge on any atom is -0.474 e. The zero-order valence-corrected chi connectivity index (χ0v) is 15.8. The van der Waals surface area contributed by atoms with E-state index in [2.05, 4.69) is 19.6 Å². The van der Waals surface area contributed by atoms with Crippen molar-refractivity contribution in [1.82, 2.24) is 19.6 Å². The van der Waals surface area contributed by atoms with Crippen molar-refractivity contribution < 1.29 is 9.47 Å². The monoisotopic (exact) mass is 364 g/mol. The van der Waals surface area contributed by atoms with E-state index in [1.165, 1.54) is 12.8 Å². The van der Waals surface area contributed by atoms with Crippen LogP contribution in [0.25, 0.3) is 0 Å². The highest BCUT2D eigenvalue weighted by molar-refractivity contribution is 7.97. The van der Waals surface area contributed by atoms with Crippen LogP contribution in [0, 0.1) is 6.92 Å². The van der Waals surface area contributed by atoms with Gasteiger partial charge in [0, 0.05) is 18.3 Å². The van der Waals surface area contributed by atoms with E-state index in [9.17, 15) is 0 Å². The van der Waals surface area contributed by atoms with Crippen molar-refractivity contribution >= 4 is 11.9 Å². The van der Waals surface area contributed by atoms with E-state index < -0.39 is 0 Å². The van der Waals surface area contributed by atoms with Gasteiger partial charge in [0.15, 0.2) is 0 Å². The molecule has 0 radical (unpaired) electrons. The Morgan fingerprint density at radius 1 is 0.960 bits per heavy atom. The first-order valence-corrected chi connectivity index (χ1v) is 10.4. The number of hydrogen-bond donors (Lipinski definition) is 1. The lowest BCUT2D eigenvalue weighted by molar-refractivity contribution is 0.127. The highest BCUT2D eigenvalue weighted by Gasteiger charge is 2.29.